The summed E-state index contributed by atoms with van der Waals surface area (Å²) in [4.78, 5) is 24.9. The lowest BCUT2D eigenvalue weighted by Gasteiger charge is -2.14. The van der Waals surface area contributed by atoms with Crippen LogP contribution in [0.15, 0.2) is 15.8 Å². The van der Waals surface area contributed by atoms with Crippen molar-refractivity contribution in [3.05, 3.63) is 32.6 Å². The zero-order valence-corrected chi connectivity index (χ0v) is 8.82. The van der Waals surface area contributed by atoms with Crippen LogP contribution in [0.25, 0.3) is 0 Å². The van der Waals surface area contributed by atoms with Crippen molar-refractivity contribution in [2.24, 2.45) is 0 Å². The average Bonchev–Trinajstić information content (AvgIpc) is 2.58. The van der Waals surface area contributed by atoms with Crippen molar-refractivity contribution in [3.8, 4) is 0 Å². The van der Waals surface area contributed by atoms with E-state index in [1.807, 2.05) is 6.92 Å². The van der Waals surface area contributed by atoms with Crippen LogP contribution < -0.4 is 11.2 Å². The minimum absolute atomic E-state index is 0.175. The number of hydrogen-bond donors (Lipinski definition) is 1. The van der Waals surface area contributed by atoms with Crippen LogP contribution in [-0.2, 0) is 4.74 Å². The van der Waals surface area contributed by atoms with Gasteiger partial charge in [0.15, 0.2) is 0 Å². The predicted octanol–water partition coefficient (Wildman–Crippen LogP) is 0.543. The van der Waals surface area contributed by atoms with Crippen LogP contribution in [0.4, 0.5) is 0 Å². The van der Waals surface area contributed by atoms with Gasteiger partial charge < -0.3 is 4.74 Å². The number of hydrogen-bond acceptors (Lipinski definition) is 3. The molecule has 1 aromatic heterocycles. The number of nitrogens with one attached hydrogen (secondary N) is 1. The van der Waals surface area contributed by atoms with E-state index in [2.05, 4.69) is 4.98 Å². The molecule has 0 bridgehead atoms. The van der Waals surface area contributed by atoms with Gasteiger partial charge in [0.25, 0.3) is 5.56 Å². The third-order valence-electron chi connectivity index (χ3n) is 2.67. The highest BCUT2D eigenvalue weighted by molar-refractivity contribution is 5.01. The summed E-state index contributed by atoms with van der Waals surface area (Å²) in [6.07, 6.45) is 3.25. The monoisotopic (exact) mass is 210 g/mol. The molecule has 0 radical (unpaired) electrons. The molecule has 2 rings (SSSR count). The van der Waals surface area contributed by atoms with Gasteiger partial charge in [0.05, 0.1) is 6.10 Å². The smallest absolute Gasteiger partial charge is 0.330 e. The molecule has 0 aromatic carbocycles. The molecule has 5 nitrogen and oxygen atoms in total. The quantitative estimate of drug-likeness (QED) is 0.735. The summed E-state index contributed by atoms with van der Waals surface area (Å²) in [5.41, 5.74) is -0.204. The second-order valence-electron chi connectivity index (χ2n) is 3.96. The van der Waals surface area contributed by atoms with E-state index >= 15 is 0 Å². The van der Waals surface area contributed by atoms with Gasteiger partial charge in [0.2, 0.25) is 0 Å². The number of ether oxygens (including phenoxy) is 1. The van der Waals surface area contributed by atoms with Crippen LogP contribution in [-0.4, -0.2) is 15.7 Å². The van der Waals surface area contributed by atoms with Gasteiger partial charge in [-0.15, -0.1) is 0 Å². The minimum atomic E-state index is -0.398. The highest BCUT2D eigenvalue weighted by Gasteiger charge is 2.24. The Balaban J connectivity index is 2.41. The predicted molar refractivity (Wildman–Crippen MR) is 54.9 cm³/mol. The van der Waals surface area contributed by atoms with Gasteiger partial charge in [-0.1, -0.05) is 0 Å². The molecule has 0 saturated carbocycles. The molecule has 0 spiro atoms. The fraction of sp³-hybridized carbons (Fsp3) is 0.600. The van der Waals surface area contributed by atoms with E-state index in [4.69, 9.17) is 4.74 Å². The molecule has 1 saturated heterocycles. The summed E-state index contributed by atoms with van der Waals surface area (Å²) >= 11 is 0. The Hall–Kier alpha value is -1.36. The van der Waals surface area contributed by atoms with Gasteiger partial charge in [-0.3, -0.25) is 14.3 Å². The minimum Gasteiger partial charge on any atom is -0.355 e. The lowest BCUT2D eigenvalue weighted by atomic mass is 10.2. The first-order chi connectivity index (χ1) is 7.08. The number of nitrogens with zero attached hydrogens (tertiary/aromatic N) is 1. The Kier molecular flexibility index (Phi) is 2.48. The number of H-pyrrole nitrogens is 1. The van der Waals surface area contributed by atoms with Crippen LogP contribution in [0.3, 0.4) is 0 Å². The van der Waals surface area contributed by atoms with Gasteiger partial charge in [0.1, 0.15) is 6.23 Å². The van der Waals surface area contributed by atoms with E-state index in [1.54, 1.807) is 13.1 Å². The van der Waals surface area contributed by atoms with E-state index in [9.17, 15) is 9.59 Å². The standard InChI is InChI=1S/C10H14N2O3/c1-6-5-12(10(14)11-9(6)13)8-4-3-7(2)15-8/h5,7-8H,3-4H2,1-2H3,(H,11,13,14)/t7-,8-/m1/s1. The molecule has 5 heteroatoms. The molecule has 0 aliphatic carbocycles. The fourth-order valence-electron chi connectivity index (χ4n) is 1.79. The van der Waals surface area contributed by atoms with Crippen LogP contribution in [0.2, 0.25) is 0 Å². The summed E-state index contributed by atoms with van der Waals surface area (Å²) in [7, 11) is 0. The van der Waals surface area contributed by atoms with Crippen molar-refractivity contribution in [3.63, 3.8) is 0 Å². The van der Waals surface area contributed by atoms with Crippen molar-refractivity contribution in [1.82, 2.24) is 9.55 Å². The molecular formula is C10H14N2O3. The molecule has 82 valence electrons. The first-order valence-electron chi connectivity index (χ1n) is 5.05. The molecule has 0 unspecified atom stereocenters. The topological polar surface area (TPSA) is 64.1 Å². The van der Waals surface area contributed by atoms with Gasteiger partial charge in [0, 0.05) is 11.8 Å². The van der Waals surface area contributed by atoms with E-state index in [0.717, 1.165) is 12.8 Å². The number of aromatic nitrogens is 2. The molecule has 2 atom stereocenters. The molecule has 2 heterocycles. The third-order valence-corrected chi connectivity index (χ3v) is 2.67. The fourth-order valence-corrected chi connectivity index (χ4v) is 1.79. The van der Waals surface area contributed by atoms with E-state index in [-0.39, 0.29) is 17.9 Å². The van der Waals surface area contributed by atoms with Gasteiger partial charge in [-0.2, -0.15) is 0 Å². The van der Waals surface area contributed by atoms with Crippen molar-refractivity contribution < 1.29 is 4.74 Å². The molecule has 0 amide bonds. The highest BCUT2D eigenvalue weighted by Crippen LogP contribution is 2.26. The Morgan fingerprint density at radius 2 is 2.20 bits per heavy atom. The summed E-state index contributed by atoms with van der Waals surface area (Å²) in [6, 6.07) is 0. The lowest BCUT2D eigenvalue weighted by molar-refractivity contribution is 0.00780. The molecule has 1 fully saturated rings. The highest BCUT2D eigenvalue weighted by atomic mass is 16.5. The van der Waals surface area contributed by atoms with Crippen molar-refractivity contribution >= 4 is 0 Å². The first-order valence-corrected chi connectivity index (χ1v) is 5.05. The van der Waals surface area contributed by atoms with Crippen molar-refractivity contribution in [1.29, 1.82) is 0 Å². The van der Waals surface area contributed by atoms with Crippen molar-refractivity contribution in [2.75, 3.05) is 0 Å². The zero-order valence-electron chi connectivity index (χ0n) is 8.82. The maximum atomic E-state index is 11.5. The van der Waals surface area contributed by atoms with Crippen LogP contribution in [0.1, 0.15) is 31.6 Å². The average molecular weight is 210 g/mol. The van der Waals surface area contributed by atoms with Crippen molar-refractivity contribution in [2.45, 2.75) is 39.0 Å². The molecular weight excluding hydrogens is 196 g/mol. The maximum Gasteiger partial charge on any atom is 0.330 e. The SMILES string of the molecule is Cc1cn([C@H]2CC[C@@H](C)O2)c(=O)[nH]c1=O. The zero-order chi connectivity index (χ0) is 11.0. The largest absolute Gasteiger partial charge is 0.355 e. The maximum absolute atomic E-state index is 11.5. The van der Waals surface area contributed by atoms with Gasteiger partial charge in [-0.25, -0.2) is 4.79 Å². The Labute approximate surface area is 86.7 Å². The second kappa shape index (κ2) is 3.66. The molecule has 15 heavy (non-hydrogen) atoms. The second-order valence-corrected chi connectivity index (χ2v) is 3.96. The Bertz CT molecular complexity index is 474. The molecule has 1 aromatic rings. The van der Waals surface area contributed by atoms with E-state index in [1.165, 1.54) is 4.57 Å². The molecule has 1 aliphatic heterocycles. The lowest BCUT2D eigenvalue weighted by Crippen LogP contribution is -2.33. The van der Waals surface area contributed by atoms with Gasteiger partial charge in [-0.05, 0) is 26.7 Å². The summed E-state index contributed by atoms with van der Waals surface area (Å²) in [5, 5.41) is 0. The first kappa shape index (κ1) is 10.2. The number of rotatable bonds is 1. The Morgan fingerprint density at radius 3 is 2.80 bits per heavy atom. The summed E-state index contributed by atoms with van der Waals surface area (Å²) in [6.45, 7) is 3.65. The Morgan fingerprint density at radius 1 is 1.47 bits per heavy atom. The number of aromatic amines is 1. The third kappa shape index (κ3) is 1.87. The summed E-state index contributed by atoms with van der Waals surface area (Å²) in [5.74, 6) is 0. The number of aryl methyl sites for hydroxylation is 1. The normalized spacial score (nSPS) is 25.7. The summed E-state index contributed by atoms with van der Waals surface area (Å²) < 4.78 is 7.02. The van der Waals surface area contributed by atoms with Crippen LogP contribution in [0, 0.1) is 6.92 Å². The van der Waals surface area contributed by atoms with E-state index < -0.39 is 5.69 Å². The molecule has 1 N–H and O–H groups in total. The van der Waals surface area contributed by atoms with Crippen LogP contribution in [0.5, 0.6) is 0 Å². The van der Waals surface area contributed by atoms with Gasteiger partial charge >= 0.3 is 5.69 Å². The van der Waals surface area contributed by atoms with Crippen LogP contribution >= 0.6 is 0 Å². The van der Waals surface area contributed by atoms with E-state index in [0.29, 0.717) is 5.56 Å². The molecule has 1 aliphatic rings.